The zero-order chi connectivity index (χ0) is 10.0. The lowest BCUT2D eigenvalue weighted by atomic mass is 9.66. The number of nitrogens with zero attached hydrogens (tertiary/aromatic N) is 1. The molecule has 1 aromatic rings. The van der Waals surface area contributed by atoms with E-state index in [1.54, 1.807) is 11.3 Å². The molecule has 1 aliphatic carbocycles. The molecule has 0 amide bonds. The molecule has 0 spiro atoms. The molecule has 0 bridgehead atoms. The van der Waals surface area contributed by atoms with Crippen LogP contribution in [0.15, 0.2) is 5.51 Å². The quantitative estimate of drug-likeness (QED) is 0.829. The molecule has 78 valence electrons. The van der Waals surface area contributed by atoms with Crippen molar-refractivity contribution in [3.63, 3.8) is 0 Å². The van der Waals surface area contributed by atoms with Crippen molar-refractivity contribution in [2.75, 3.05) is 6.54 Å². The molecule has 3 heteroatoms. The highest BCUT2D eigenvalue weighted by Gasteiger charge is 2.34. The Bertz CT molecular complexity index is 296. The van der Waals surface area contributed by atoms with Gasteiger partial charge < -0.3 is 5.73 Å². The zero-order valence-electron chi connectivity index (χ0n) is 8.75. The molecule has 0 radical (unpaired) electrons. The minimum Gasteiger partial charge on any atom is -0.330 e. The molecule has 0 aromatic carbocycles. The number of hydrogen-bond donors (Lipinski definition) is 1. The number of hydrogen-bond acceptors (Lipinski definition) is 3. The van der Waals surface area contributed by atoms with Crippen molar-refractivity contribution in [1.29, 1.82) is 0 Å². The Balaban J connectivity index is 1.90. The van der Waals surface area contributed by atoms with E-state index in [4.69, 9.17) is 5.73 Å². The van der Waals surface area contributed by atoms with E-state index in [2.05, 4.69) is 11.9 Å². The summed E-state index contributed by atoms with van der Waals surface area (Å²) in [6.07, 6.45) is 6.47. The van der Waals surface area contributed by atoms with Gasteiger partial charge in [-0.05, 0) is 44.6 Å². The minimum atomic E-state index is 0.483. The Kier molecular flexibility index (Phi) is 2.88. The summed E-state index contributed by atoms with van der Waals surface area (Å²) >= 11 is 1.78. The molecule has 1 heterocycles. The molecule has 0 unspecified atom stereocenters. The summed E-state index contributed by atoms with van der Waals surface area (Å²) in [4.78, 5) is 5.72. The maximum atomic E-state index is 5.83. The average molecular weight is 210 g/mol. The molecular formula is C11H18N2S. The minimum absolute atomic E-state index is 0.483. The fourth-order valence-electron chi connectivity index (χ4n) is 2.18. The fraction of sp³-hybridized carbons (Fsp3) is 0.727. The Hall–Kier alpha value is -0.410. The SMILES string of the molecule is Cc1ncsc1CCC1(CN)CCC1. The van der Waals surface area contributed by atoms with Crippen LogP contribution in [0.2, 0.25) is 0 Å². The first-order valence-electron chi connectivity index (χ1n) is 5.35. The summed E-state index contributed by atoms with van der Waals surface area (Å²) < 4.78 is 0. The van der Waals surface area contributed by atoms with Crippen LogP contribution in [0, 0.1) is 12.3 Å². The van der Waals surface area contributed by atoms with Gasteiger partial charge in [0.1, 0.15) is 0 Å². The van der Waals surface area contributed by atoms with Crippen LogP contribution in [0.25, 0.3) is 0 Å². The standard InChI is InChI=1S/C11H18N2S/c1-9-10(14-8-13-9)3-6-11(7-12)4-2-5-11/h8H,2-7,12H2,1H3. The third kappa shape index (κ3) is 1.84. The smallest absolute Gasteiger partial charge is 0.0797 e. The van der Waals surface area contributed by atoms with Gasteiger partial charge in [-0.3, -0.25) is 0 Å². The van der Waals surface area contributed by atoms with Crippen LogP contribution in [0.3, 0.4) is 0 Å². The third-order valence-corrected chi connectivity index (χ3v) is 4.57. The van der Waals surface area contributed by atoms with Gasteiger partial charge in [-0.25, -0.2) is 4.98 Å². The Labute approximate surface area is 89.5 Å². The lowest BCUT2D eigenvalue weighted by Crippen LogP contribution is -2.37. The van der Waals surface area contributed by atoms with Crippen molar-refractivity contribution in [3.8, 4) is 0 Å². The van der Waals surface area contributed by atoms with Crippen molar-refractivity contribution >= 4 is 11.3 Å². The van der Waals surface area contributed by atoms with E-state index in [1.807, 2.05) is 5.51 Å². The van der Waals surface area contributed by atoms with E-state index in [9.17, 15) is 0 Å². The first kappa shape index (κ1) is 10.1. The zero-order valence-corrected chi connectivity index (χ0v) is 9.57. The molecule has 0 saturated heterocycles. The van der Waals surface area contributed by atoms with Gasteiger partial charge in [0.05, 0.1) is 11.2 Å². The number of nitrogens with two attached hydrogens (primary N) is 1. The topological polar surface area (TPSA) is 38.9 Å². The molecule has 1 fully saturated rings. The molecule has 14 heavy (non-hydrogen) atoms. The van der Waals surface area contributed by atoms with Crippen LogP contribution in [-0.2, 0) is 6.42 Å². The summed E-state index contributed by atoms with van der Waals surface area (Å²) in [7, 11) is 0. The molecule has 2 N–H and O–H groups in total. The summed E-state index contributed by atoms with van der Waals surface area (Å²) in [6, 6.07) is 0. The highest BCUT2D eigenvalue weighted by atomic mass is 32.1. The number of aryl methyl sites for hydroxylation is 2. The second kappa shape index (κ2) is 3.99. The van der Waals surface area contributed by atoms with E-state index < -0.39 is 0 Å². The normalized spacial score (nSPS) is 19.3. The lowest BCUT2D eigenvalue weighted by molar-refractivity contribution is 0.131. The Morgan fingerprint density at radius 3 is 2.79 bits per heavy atom. The van der Waals surface area contributed by atoms with Gasteiger partial charge in [-0.15, -0.1) is 11.3 Å². The Morgan fingerprint density at radius 2 is 2.36 bits per heavy atom. The van der Waals surface area contributed by atoms with Crippen molar-refractivity contribution in [2.45, 2.75) is 39.0 Å². The highest BCUT2D eigenvalue weighted by molar-refractivity contribution is 7.09. The highest BCUT2D eigenvalue weighted by Crippen LogP contribution is 2.43. The molecule has 0 atom stereocenters. The van der Waals surface area contributed by atoms with Gasteiger partial charge in [-0.2, -0.15) is 0 Å². The van der Waals surface area contributed by atoms with Gasteiger partial charge in [0.2, 0.25) is 0 Å². The largest absolute Gasteiger partial charge is 0.330 e. The molecular weight excluding hydrogens is 192 g/mol. The van der Waals surface area contributed by atoms with Gasteiger partial charge >= 0.3 is 0 Å². The first-order chi connectivity index (χ1) is 6.76. The second-order valence-electron chi connectivity index (χ2n) is 4.42. The third-order valence-electron chi connectivity index (χ3n) is 3.57. The lowest BCUT2D eigenvalue weighted by Gasteiger charge is -2.41. The Morgan fingerprint density at radius 1 is 1.57 bits per heavy atom. The fourth-order valence-corrected chi connectivity index (χ4v) is 2.96. The second-order valence-corrected chi connectivity index (χ2v) is 5.36. The van der Waals surface area contributed by atoms with Crippen LogP contribution >= 0.6 is 11.3 Å². The van der Waals surface area contributed by atoms with Crippen molar-refractivity contribution in [1.82, 2.24) is 4.98 Å². The molecule has 2 nitrogen and oxygen atoms in total. The predicted molar refractivity (Wildman–Crippen MR) is 60.5 cm³/mol. The maximum absolute atomic E-state index is 5.83. The van der Waals surface area contributed by atoms with Crippen molar-refractivity contribution in [3.05, 3.63) is 16.1 Å². The average Bonchev–Trinajstić information content (AvgIpc) is 2.51. The molecule has 1 aromatic heterocycles. The van der Waals surface area contributed by atoms with Crippen LogP contribution in [0.5, 0.6) is 0 Å². The van der Waals surface area contributed by atoms with Crippen molar-refractivity contribution in [2.24, 2.45) is 11.1 Å². The monoisotopic (exact) mass is 210 g/mol. The summed E-state index contributed by atoms with van der Waals surface area (Å²) in [6.45, 7) is 2.96. The van der Waals surface area contributed by atoms with Crippen molar-refractivity contribution < 1.29 is 0 Å². The maximum Gasteiger partial charge on any atom is 0.0797 e. The summed E-state index contributed by atoms with van der Waals surface area (Å²) in [5.74, 6) is 0. The van der Waals surface area contributed by atoms with E-state index in [0.717, 1.165) is 6.54 Å². The number of thiazole rings is 1. The van der Waals surface area contributed by atoms with Gasteiger partial charge in [0.25, 0.3) is 0 Å². The molecule has 2 rings (SSSR count). The van der Waals surface area contributed by atoms with Gasteiger partial charge in [-0.1, -0.05) is 6.42 Å². The van der Waals surface area contributed by atoms with Crippen LogP contribution in [0.4, 0.5) is 0 Å². The molecule has 1 saturated carbocycles. The molecule has 1 aliphatic rings. The first-order valence-corrected chi connectivity index (χ1v) is 6.23. The van der Waals surface area contributed by atoms with E-state index in [1.165, 1.54) is 42.7 Å². The van der Waals surface area contributed by atoms with E-state index in [-0.39, 0.29) is 0 Å². The van der Waals surface area contributed by atoms with Crippen LogP contribution in [0.1, 0.15) is 36.3 Å². The van der Waals surface area contributed by atoms with Gasteiger partial charge in [0.15, 0.2) is 0 Å². The predicted octanol–water partition coefficient (Wildman–Crippen LogP) is 2.51. The number of aromatic nitrogens is 1. The number of rotatable bonds is 4. The van der Waals surface area contributed by atoms with Crippen LogP contribution < -0.4 is 5.73 Å². The van der Waals surface area contributed by atoms with E-state index in [0.29, 0.717) is 5.41 Å². The van der Waals surface area contributed by atoms with Crippen LogP contribution in [-0.4, -0.2) is 11.5 Å². The molecule has 0 aliphatic heterocycles. The van der Waals surface area contributed by atoms with Gasteiger partial charge in [0, 0.05) is 4.88 Å². The summed E-state index contributed by atoms with van der Waals surface area (Å²) in [5, 5.41) is 0. The summed E-state index contributed by atoms with van der Waals surface area (Å²) in [5.41, 5.74) is 9.47. The van der Waals surface area contributed by atoms with E-state index >= 15 is 0 Å².